The Morgan fingerprint density at radius 2 is 1.74 bits per heavy atom. The average molecular weight is 364 g/mol. The molecule has 0 heterocycles. The van der Waals surface area contributed by atoms with Gasteiger partial charge in [0, 0.05) is 18.5 Å². The predicted octanol–water partition coefficient (Wildman–Crippen LogP) is 5.48. The van der Waals surface area contributed by atoms with Gasteiger partial charge < -0.3 is 10.1 Å². The highest BCUT2D eigenvalue weighted by atomic mass is 16.5. The summed E-state index contributed by atoms with van der Waals surface area (Å²) in [5.74, 6) is 6.23. The van der Waals surface area contributed by atoms with Gasteiger partial charge in [0.1, 0.15) is 6.61 Å². The molecule has 0 radical (unpaired) electrons. The van der Waals surface area contributed by atoms with Crippen molar-refractivity contribution in [3.8, 4) is 11.8 Å². The number of nitrogens with one attached hydrogen (secondary N) is 1. The summed E-state index contributed by atoms with van der Waals surface area (Å²) >= 11 is 0. The van der Waals surface area contributed by atoms with Crippen LogP contribution in [0.4, 0.5) is 4.79 Å². The molecule has 1 amide bonds. The number of rotatable bonds is 9. The Morgan fingerprint density at radius 3 is 2.48 bits per heavy atom. The number of hydrogen-bond donors (Lipinski definition) is 1. The van der Waals surface area contributed by atoms with Crippen molar-refractivity contribution in [2.75, 3.05) is 6.54 Å². The van der Waals surface area contributed by atoms with E-state index in [0.29, 0.717) is 13.0 Å². The Morgan fingerprint density at radius 1 is 0.963 bits per heavy atom. The largest absolute Gasteiger partial charge is 0.445 e. The molecule has 0 aliphatic heterocycles. The van der Waals surface area contributed by atoms with Gasteiger partial charge in [0.2, 0.25) is 0 Å². The van der Waals surface area contributed by atoms with Crippen LogP contribution in [-0.4, -0.2) is 12.6 Å². The summed E-state index contributed by atoms with van der Waals surface area (Å²) in [7, 11) is 0. The first-order valence-electron chi connectivity index (χ1n) is 9.80. The third-order valence-corrected chi connectivity index (χ3v) is 4.24. The molecule has 0 bridgehead atoms. The lowest BCUT2D eigenvalue weighted by molar-refractivity contribution is 0.140. The molecule has 2 rings (SSSR count). The normalized spacial score (nSPS) is 9.96. The molecule has 27 heavy (non-hydrogen) atoms. The molecule has 0 saturated heterocycles. The van der Waals surface area contributed by atoms with Crippen LogP contribution in [0.3, 0.4) is 0 Å². The van der Waals surface area contributed by atoms with Crippen molar-refractivity contribution in [2.24, 2.45) is 0 Å². The van der Waals surface area contributed by atoms with E-state index in [1.807, 2.05) is 30.3 Å². The molecule has 0 aliphatic carbocycles. The van der Waals surface area contributed by atoms with Crippen molar-refractivity contribution in [3.05, 3.63) is 71.3 Å². The van der Waals surface area contributed by atoms with E-state index in [1.54, 1.807) is 0 Å². The number of ether oxygens (including phenoxy) is 1. The maximum absolute atomic E-state index is 11.6. The van der Waals surface area contributed by atoms with E-state index in [-0.39, 0.29) is 6.61 Å². The molecule has 1 N–H and O–H groups in total. The van der Waals surface area contributed by atoms with Gasteiger partial charge >= 0.3 is 6.09 Å². The number of carbonyl (C=O) groups is 1. The van der Waals surface area contributed by atoms with Crippen LogP contribution >= 0.6 is 0 Å². The zero-order chi connectivity index (χ0) is 19.2. The zero-order valence-corrected chi connectivity index (χ0v) is 16.2. The van der Waals surface area contributed by atoms with Crippen LogP contribution in [0, 0.1) is 11.8 Å². The fraction of sp³-hybridized carbons (Fsp3) is 0.375. The number of alkyl carbamates (subject to hydrolysis) is 1. The molecule has 0 atom stereocenters. The predicted molar refractivity (Wildman–Crippen MR) is 110 cm³/mol. The summed E-state index contributed by atoms with van der Waals surface area (Å²) in [5, 5.41) is 2.72. The lowest BCUT2D eigenvalue weighted by Gasteiger charge is -2.05. The molecule has 142 valence electrons. The van der Waals surface area contributed by atoms with Gasteiger partial charge in [0.15, 0.2) is 0 Å². The second-order valence-electron chi connectivity index (χ2n) is 6.55. The molecule has 0 spiro atoms. The van der Waals surface area contributed by atoms with Crippen molar-refractivity contribution < 1.29 is 9.53 Å². The van der Waals surface area contributed by atoms with E-state index >= 15 is 0 Å². The van der Waals surface area contributed by atoms with Crippen LogP contribution in [0.1, 0.15) is 55.7 Å². The molecule has 3 nitrogen and oxygen atoms in total. The van der Waals surface area contributed by atoms with E-state index in [2.05, 4.69) is 48.3 Å². The Hall–Kier alpha value is -2.73. The SMILES string of the molecule is CCCCCCc1ccc(C#CCCNC(=O)OCc2ccccc2)cc1. The van der Waals surface area contributed by atoms with E-state index in [9.17, 15) is 4.79 Å². The van der Waals surface area contributed by atoms with Gasteiger partial charge in [-0.15, -0.1) is 0 Å². The Bertz CT molecular complexity index is 726. The number of amides is 1. The first-order chi connectivity index (χ1) is 13.3. The van der Waals surface area contributed by atoms with Gasteiger partial charge in [-0.3, -0.25) is 0 Å². The molecule has 3 heteroatoms. The minimum absolute atomic E-state index is 0.281. The highest BCUT2D eigenvalue weighted by molar-refractivity contribution is 5.67. The smallest absolute Gasteiger partial charge is 0.407 e. The van der Waals surface area contributed by atoms with Crippen LogP contribution in [0.15, 0.2) is 54.6 Å². The van der Waals surface area contributed by atoms with Crippen LogP contribution < -0.4 is 5.32 Å². The number of unbranched alkanes of at least 4 members (excludes halogenated alkanes) is 3. The van der Waals surface area contributed by atoms with Crippen LogP contribution in [0.25, 0.3) is 0 Å². The fourth-order valence-corrected chi connectivity index (χ4v) is 2.68. The molecule has 2 aromatic carbocycles. The first-order valence-corrected chi connectivity index (χ1v) is 9.80. The average Bonchev–Trinajstić information content (AvgIpc) is 2.71. The highest BCUT2D eigenvalue weighted by Gasteiger charge is 2.00. The maximum Gasteiger partial charge on any atom is 0.407 e. The van der Waals surface area contributed by atoms with Crippen LogP contribution in [0.2, 0.25) is 0 Å². The molecule has 0 unspecified atom stereocenters. The minimum atomic E-state index is -0.409. The van der Waals surface area contributed by atoms with Gasteiger partial charge in [-0.25, -0.2) is 4.79 Å². The summed E-state index contributed by atoms with van der Waals surface area (Å²) in [6, 6.07) is 18.1. The third kappa shape index (κ3) is 8.96. The zero-order valence-electron chi connectivity index (χ0n) is 16.2. The molecule has 2 aromatic rings. The second-order valence-corrected chi connectivity index (χ2v) is 6.55. The van der Waals surface area contributed by atoms with Crippen molar-refractivity contribution >= 4 is 6.09 Å². The number of aryl methyl sites for hydroxylation is 1. The van der Waals surface area contributed by atoms with Crippen molar-refractivity contribution in [1.29, 1.82) is 0 Å². The van der Waals surface area contributed by atoms with Crippen molar-refractivity contribution in [1.82, 2.24) is 5.32 Å². The molecule has 0 fully saturated rings. The molecule has 0 aliphatic rings. The molecular weight excluding hydrogens is 334 g/mol. The molecule has 0 saturated carbocycles. The second kappa shape index (κ2) is 12.6. The van der Waals surface area contributed by atoms with E-state index in [4.69, 9.17) is 4.74 Å². The van der Waals surface area contributed by atoms with Gasteiger partial charge in [-0.1, -0.05) is 80.5 Å². The summed E-state index contributed by atoms with van der Waals surface area (Å²) in [5.41, 5.74) is 3.36. The monoisotopic (exact) mass is 363 g/mol. The number of carbonyl (C=O) groups excluding carboxylic acids is 1. The summed E-state index contributed by atoms with van der Waals surface area (Å²) in [6.07, 6.45) is 6.48. The van der Waals surface area contributed by atoms with Crippen LogP contribution in [-0.2, 0) is 17.8 Å². The van der Waals surface area contributed by atoms with Crippen molar-refractivity contribution in [2.45, 2.75) is 52.1 Å². The lowest BCUT2D eigenvalue weighted by Crippen LogP contribution is -2.24. The third-order valence-electron chi connectivity index (χ3n) is 4.24. The van der Waals surface area contributed by atoms with Crippen LogP contribution in [0.5, 0.6) is 0 Å². The summed E-state index contributed by atoms with van der Waals surface area (Å²) in [4.78, 5) is 11.6. The maximum atomic E-state index is 11.6. The molecular formula is C24H29NO2. The minimum Gasteiger partial charge on any atom is -0.445 e. The lowest BCUT2D eigenvalue weighted by atomic mass is 10.0. The van der Waals surface area contributed by atoms with E-state index in [1.165, 1.54) is 31.2 Å². The first kappa shape index (κ1) is 20.6. The van der Waals surface area contributed by atoms with Gasteiger partial charge in [-0.2, -0.15) is 0 Å². The quantitative estimate of drug-likeness (QED) is 0.473. The highest BCUT2D eigenvalue weighted by Crippen LogP contribution is 2.09. The number of benzene rings is 2. The van der Waals surface area contributed by atoms with Gasteiger partial charge in [-0.05, 0) is 36.1 Å². The Kier molecular flexibility index (Phi) is 9.60. The topological polar surface area (TPSA) is 38.3 Å². The van der Waals surface area contributed by atoms with E-state index < -0.39 is 6.09 Å². The van der Waals surface area contributed by atoms with E-state index in [0.717, 1.165) is 17.5 Å². The molecule has 0 aromatic heterocycles. The number of hydrogen-bond acceptors (Lipinski definition) is 2. The summed E-state index contributed by atoms with van der Waals surface area (Å²) < 4.78 is 5.16. The van der Waals surface area contributed by atoms with Gasteiger partial charge in [0.25, 0.3) is 0 Å². The van der Waals surface area contributed by atoms with Crippen molar-refractivity contribution in [3.63, 3.8) is 0 Å². The Labute approximate surface area is 163 Å². The standard InChI is InChI=1S/C24H29NO2/c1-2-3-4-6-11-21-15-17-22(18-16-21)12-9-10-19-25-24(26)27-20-23-13-7-5-8-14-23/h5,7-8,13-18H,2-4,6,10-11,19-20H2,1H3,(H,25,26). The Balaban J connectivity index is 1.61. The fourth-order valence-electron chi connectivity index (χ4n) is 2.68. The summed E-state index contributed by atoms with van der Waals surface area (Å²) in [6.45, 7) is 3.00. The van der Waals surface area contributed by atoms with Gasteiger partial charge in [0.05, 0.1) is 0 Å².